The highest BCUT2D eigenvalue weighted by Gasteiger charge is 2.43. The maximum atomic E-state index is 13.0. The van der Waals surface area contributed by atoms with Crippen molar-refractivity contribution in [1.29, 1.82) is 0 Å². The van der Waals surface area contributed by atoms with Crippen LogP contribution in [0.2, 0.25) is 5.02 Å². The quantitative estimate of drug-likeness (QED) is 0.0928. The SMILES string of the molecule is CCN1c2ccccc2[S+](c2ccc(C(N)=O)cc2)c2ccccc21.CSc1ccc(-[s+]2c3ccccc3c(=O)c3ccccc32)cc1.Clc1ccc([S+]2c3ccccc3Sc3ccccc32)cc1.O=S1c2ccccc2[S+](c2ccc(-c3ccccc3)cc2)c2ccccc21. The van der Waals surface area contributed by atoms with Crippen LogP contribution < -0.4 is 16.1 Å². The number of carbonyl (C=O) groups excluding carboxylic acids is 1. The zero-order valence-corrected chi connectivity index (χ0v) is 58.8. The number of anilines is 2. The maximum absolute atomic E-state index is 13.0. The van der Waals surface area contributed by atoms with E-state index in [-0.39, 0.29) is 48.6 Å². The number of nitrogens with two attached hydrogens (primary N) is 1. The van der Waals surface area contributed by atoms with Crippen LogP contribution >= 0.6 is 45.6 Å². The maximum Gasteiger partial charge on any atom is 0.248 e. The highest BCUT2D eigenvalue weighted by atomic mass is 35.5. The van der Waals surface area contributed by atoms with Crippen molar-refractivity contribution in [3.05, 3.63) is 342 Å². The average molecular weight is 1400 g/mol. The number of nitrogens with zero attached hydrogens (tertiary/aromatic N) is 1. The molecular weight excluding hydrogens is 1330 g/mol. The van der Waals surface area contributed by atoms with Crippen molar-refractivity contribution in [2.75, 3.05) is 17.7 Å². The lowest BCUT2D eigenvalue weighted by atomic mass is 10.1. The van der Waals surface area contributed by atoms with Crippen LogP contribution in [-0.4, -0.2) is 22.9 Å². The second-order valence-electron chi connectivity index (χ2n) is 22.3. The van der Waals surface area contributed by atoms with Crippen LogP contribution in [0.1, 0.15) is 17.3 Å². The number of amides is 1. The predicted octanol–water partition coefficient (Wildman–Crippen LogP) is 22.0. The molecule has 17 rings (SSSR count). The van der Waals surface area contributed by atoms with Crippen molar-refractivity contribution in [3.63, 3.8) is 0 Å². The van der Waals surface area contributed by atoms with Crippen LogP contribution in [0.25, 0.3) is 36.2 Å². The van der Waals surface area contributed by atoms with Crippen molar-refractivity contribution in [1.82, 2.24) is 0 Å². The fourth-order valence-electron chi connectivity index (χ4n) is 12.1. The van der Waals surface area contributed by atoms with Crippen LogP contribution in [0.15, 0.2) is 395 Å². The molecule has 3 aliphatic rings. The number of hydrogen-bond donors (Lipinski definition) is 1. The standard InChI is InChI=1S/C24H17OS2.C21H18N2OS.C20H15OS2.C18H12ClS2/c25-27-23-12-6-4-10-21(23)26(22-11-5-7-13-24(22)27)20-16-14-19(15-17-20)18-8-2-1-3-9-18;1-2-23-17-7-3-5-9-19(17)25(20-10-6-4-8-18(20)23)16-13-11-15(12-14-16)21(22)24;1-22-14-10-12-15(13-11-14)23-18-8-4-2-6-16(18)20(21)17-7-3-5-9-19(17)23;19-13-9-11-14(12-10-13)21-17-7-3-1-5-15(17)20-16-6-2-4-8-18(16)21/h1-17H;3-14H,2H2,1H3,(H-,22,24);2-13H,1H3;1-12H/q+1;;2*+1/p+1. The number of carbonyl (C=O) groups is 1. The third-order valence-corrected chi connectivity index (χ3v) is 30.1. The van der Waals surface area contributed by atoms with Gasteiger partial charge in [0.2, 0.25) is 11.3 Å². The zero-order chi connectivity index (χ0) is 65.7. The molecule has 13 heteroatoms. The third-order valence-electron chi connectivity index (χ3n) is 16.6. The van der Waals surface area contributed by atoms with Gasteiger partial charge in [0.05, 0.1) is 52.5 Å². The molecule has 0 radical (unpaired) electrons. The van der Waals surface area contributed by atoms with Gasteiger partial charge in [-0.15, -0.1) is 11.8 Å². The molecule has 0 saturated heterocycles. The summed E-state index contributed by atoms with van der Waals surface area (Å²) >= 11 is 9.66. The van der Waals surface area contributed by atoms with E-state index in [0.717, 1.165) is 41.5 Å². The second kappa shape index (κ2) is 29.3. The van der Waals surface area contributed by atoms with E-state index in [2.05, 4.69) is 224 Å². The Morgan fingerprint density at radius 2 is 0.823 bits per heavy atom. The summed E-state index contributed by atoms with van der Waals surface area (Å²) in [7, 11) is -1.81. The molecule has 1 aromatic heterocycles. The molecule has 0 spiro atoms. The Hall–Kier alpha value is -8.79. The molecule has 0 saturated carbocycles. The molecule has 1 amide bonds. The van der Waals surface area contributed by atoms with Gasteiger partial charge in [-0.05, 0) is 218 Å². The number of benzene rings is 13. The van der Waals surface area contributed by atoms with E-state index >= 15 is 0 Å². The number of thioether (sulfide) groups is 1. The monoisotopic (exact) mass is 1390 g/mol. The van der Waals surface area contributed by atoms with Gasteiger partial charge in [0.25, 0.3) is 0 Å². The van der Waals surface area contributed by atoms with Crippen molar-refractivity contribution in [2.45, 2.75) is 75.5 Å². The third kappa shape index (κ3) is 13.0. The molecule has 0 bridgehead atoms. The van der Waals surface area contributed by atoms with Crippen molar-refractivity contribution < 1.29 is 9.00 Å². The lowest BCUT2D eigenvalue weighted by Crippen LogP contribution is -2.26. The minimum atomic E-state index is -1.11. The molecule has 468 valence electrons. The van der Waals surface area contributed by atoms with Gasteiger partial charge in [0, 0.05) is 32.5 Å². The Bertz CT molecular complexity index is 5040. The molecule has 4 heterocycles. The Kier molecular flexibility index (Phi) is 19.7. The minimum Gasteiger partial charge on any atom is -0.366 e. The summed E-state index contributed by atoms with van der Waals surface area (Å²) in [5.41, 5.74) is 11.0. The Morgan fingerprint density at radius 1 is 0.438 bits per heavy atom. The van der Waals surface area contributed by atoms with Gasteiger partial charge >= 0.3 is 0 Å². The first-order valence-corrected chi connectivity index (χ1v) is 39.7. The fraction of sp³-hybridized carbons (Fsp3) is 0.0361. The Labute approximate surface area is 587 Å². The van der Waals surface area contributed by atoms with Crippen molar-refractivity contribution >= 4 is 127 Å². The molecule has 0 aliphatic carbocycles. The minimum absolute atomic E-state index is 0.0457. The molecule has 13 aromatic carbocycles. The molecule has 0 fully saturated rings. The number of para-hydroxylation sites is 2. The Balaban J connectivity index is 0.000000110. The smallest absolute Gasteiger partial charge is 0.248 e. The van der Waals surface area contributed by atoms with E-state index in [1.807, 2.05) is 127 Å². The largest absolute Gasteiger partial charge is 0.366 e. The topological polar surface area (TPSA) is 80.5 Å². The summed E-state index contributed by atoms with van der Waals surface area (Å²) in [6.07, 6.45) is 2.08. The van der Waals surface area contributed by atoms with Crippen LogP contribution in [0.4, 0.5) is 11.4 Å². The molecule has 0 unspecified atom stereocenters. The first-order valence-electron chi connectivity index (χ1n) is 31.2. The summed E-state index contributed by atoms with van der Waals surface area (Å²) < 4.78 is 15.3. The molecular formula is C83H63ClN2O3S7+4. The van der Waals surface area contributed by atoms with E-state index in [9.17, 15) is 13.8 Å². The van der Waals surface area contributed by atoms with Gasteiger partial charge in [-0.2, -0.15) is 0 Å². The first kappa shape index (κ1) is 64.5. The lowest BCUT2D eigenvalue weighted by molar-refractivity contribution is 0.1000. The van der Waals surface area contributed by atoms with Gasteiger partial charge in [0.1, 0.15) is 32.7 Å². The summed E-state index contributed by atoms with van der Waals surface area (Å²) in [5.74, 6) is -0.392. The average Bonchev–Trinajstić information content (AvgIpc) is 0.770. The van der Waals surface area contributed by atoms with E-state index in [4.69, 9.17) is 17.3 Å². The fourth-order valence-corrected chi connectivity index (χ4v) is 25.3. The predicted molar refractivity (Wildman–Crippen MR) is 408 cm³/mol. The van der Waals surface area contributed by atoms with Gasteiger partial charge in [0.15, 0.2) is 58.4 Å². The molecule has 14 aromatic rings. The van der Waals surface area contributed by atoms with Gasteiger partial charge in [-0.3, -0.25) is 9.59 Å². The normalized spacial score (nSPS) is 14.1. The van der Waals surface area contributed by atoms with Crippen LogP contribution in [-0.2, 0) is 43.5 Å². The van der Waals surface area contributed by atoms with E-state index in [1.54, 1.807) is 11.8 Å². The number of hydrogen-bond acceptors (Lipinski definition) is 6. The lowest BCUT2D eigenvalue weighted by Gasteiger charge is -2.30. The molecule has 5 nitrogen and oxygen atoms in total. The van der Waals surface area contributed by atoms with Crippen LogP contribution in [0.3, 0.4) is 0 Å². The first-order chi connectivity index (χ1) is 47.1. The molecule has 96 heavy (non-hydrogen) atoms. The number of rotatable bonds is 8. The highest BCUT2D eigenvalue weighted by molar-refractivity contribution is 8.04. The van der Waals surface area contributed by atoms with E-state index in [0.29, 0.717) is 5.56 Å². The second-order valence-corrected chi connectivity index (χ2v) is 34.0. The van der Waals surface area contributed by atoms with Gasteiger partial charge in [-0.1, -0.05) is 151 Å². The van der Waals surface area contributed by atoms with Crippen LogP contribution in [0.5, 0.6) is 0 Å². The molecule has 2 N–H and O–H groups in total. The summed E-state index contributed by atoms with van der Waals surface area (Å²) in [4.78, 5) is 45.2. The molecule has 3 aliphatic heterocycles. The van der Waals surface area contributed by atoms with Gasteiger partial charge < -0.3 is 10.6 Å². The number of halogens is 1. The number of primary amides is 1. The summed E-state index contributed by atoms with van der Waals surface area (Å²) in [6.45, 7) is 3.10. The van der Waals surface area contributed by atoms with E-state index < -0.39 is 16.7 Å². The van der Waals surface area contributed by atoms with Gasteiger partial charge in [-0.25, -0.2) is 4.21 Å². The summed E-state index contributed by atoms with van der Waals surface area (Å²) in [5, 5.41) is 2.46. The molecule has 0 atom stereocenters. The van der Waals surface area contributed by atoms with Crippen LogP contribution in [0, 0.1) is 0 Å². The highest BCUT2D eigenvalue weighted by Crippen LogP contribution is 2.51. The number of fused-ring (bicyclic) bond motifs is 8. The van der Waals surface area contributed by atoms with Crippen molar-refractivity contribution in [3.8, 4) is 16.0 Å². The summed E-state index contributed by atoms with van der Waals surface area (Å²) in [6, 6.07) is 111. The van der Waals surface area contributed by atoms with Crippen molar-refractivity contribution in [2.24, 2.45) is 5.73 Å². The zero-order valence-electron chi connectivity index (χ0n) is 52.3. The van der Waals surface area contributed by atoms with E-state index in [1.165, 1.54) is 86.1 Å². The Morgan fingerprint density at radius 3 is 1.32 bits per heavy atom.